The van der Waals surface area contributed by atoms with E-state index in [9.17, 15) is 8.78 Å². The van der Waals surface area contributed by atoms with Gasteiger partial charge < -0.3 is 11.1 Å². The van der Waals surface area contributed by atoms with Crippen molar-refractivity contribution in [1.29, 1.82) is 0 Å². The zero-order chi connectivity index (χ0) is 18.3. The zero-order valence-corrected chi connectivity index (χ0v) is 14.8. The smallest absolute Gasteiger partial charge is 0.223 e. The lowest BCUT2D eigenvalue weighted by Gasteiger charge is -2.26. The normalized spacial score (nSPS) is 24.5. The number of hydrogen-bond acceptors (Lipinski definition) is 5. The minimum absolute atomic E-state index is 0.00177. The Kier molecular flexibility index (Phi) is 4.60. The quantitative estimate of drug-likeness (QED) is 0.854. The van der Waals surface area contributed by atoms with Crippen LogP contribution in [0.4, 0.5) is 14.7 Å². The second kappa shape index (κ2) is 6.90. The van der Waals surface area contributed by atoms with Crippen LogP contribution >= 0.6 is 0 Å². The van der Waals surface area contributed by atoms with Gasteiger partial charge in [-0.25, -0.2) is 18.7 Å². The molecule has 2 aliphatic carbocycles. The zero-order valence-electron chi connectivity index (χ0n) is 14.8. The number of aryl methyl sites for hydroxylation is 1. The van der Waals surface area contributed by atoms with E-state index in [-0.39, 0.29) is 23.7 Å². The third-order valence-electron chi connectivity index (χ3n) is 5.39. The fourth-order valence-corrected chi connectivity index (χ4v) is 3.64. The van der Waals surface area contributed by atoms with Crippen molar-refractivity contribution in [2.24, 2.45) is 18.7 Å². The SMILES string of the molecule is Cn1ncc(-c2nc(NC3CCC(N)CC3)ncc2F)c1C(F)C1CC1. The summed E-state index contributed by atoms with van der Waals surface area (Å²) >= 11 is 0. The molecule has 0 bridgehead atoms. The molecule has 8 heteroatoms. The fraction of sp³-hybridized carbons (Fsp3) is 0.611. The first kappa shape index (κ1) is 17.3. The minimum atomic E-state index is -1.15. The van der Waals surface area contributed by atoms with Gasteiger partial charge in [0.15, 0.2) is 5.82 Å². The molecule has 0 radical (unpaired) electrons. The molecule has 2 aromatic rings. The molecule has 6 nitrogen and oxygen atoms in total. The lowest BCUT2D eigenvalue weighted by molar-refractivity contribution is 0.290. The largest absolute Gasteiger partial charge is 0.351 e. The van der Waals surface area contributed by atoms with Gasteiger partial charge in [-0.05, 0) is 44.4 Å². The number of rotatable bonds is 5. The van der Waals surface area contributed by atoms with Crippen LogP contribution in [0.5, 0.6) is 0 Å². The number of nitrogens with zero attached hydrogens (tertiary/aromatic N) is 4. The standard InChI is InChI=1S/C18H24F2N6/c1-26-17(15(20)10-2-3-10)13(8-23-26)16-14(19)9-22-18(25-16)24-12-6-4-11(21)5-7-12/h8-12,15H,2-7,21H2,1H3,(H,22,24,25). The molecule has 2 aliphatic rings. The summed E-state index contributed by atoms with van der Waals surface area (Å²) in [5.74, 6) is -0.213. The minimum Gasteiger partial charge on any atom is -0.351 e. The van der Waals surface area contributed by atoms with Crippen molar-refractivity contribution in [3.05, 3.63) is 23.9 Å². The van der Waals surface area contributed by atoms with Crippen LogP contribution < -0.4 is 11.1 Å². The number of halogens is 2. The summed E-state index contributed by atoms with van der Waals surface area (Å²) in [5.41, 5.74) is 6.82. The first-order chi connectivity index (χ1) is 12.5. The second-order valence-corrected chi connectivity index (χ2v) is 7.45. The van der Waals surface area contributed by atoms with E-state index in [1.54, 1.807) is 7.05 Å². The van der Waals surface area contributed by atoms with E-state index in [0.717, 1.165) is 44.7 Å². The predicted molar refractivity (Wildman–Crippen MR) is 94.6 cm³/mol. The summed E-state index contributed by atoms with van der Waals surface area (Å²) in [6, 6.07) is 0.474. The van der Waals surface area contributed by atoms with E-state index < -0.39 is 12.0 Å². The van der Waals surface area contributed by atoms with Gasteiger partial charge in [0.25, 0.3) is 0 Å². The van der Waals surface area contributed by atoms with Crippen LogP contribution in [0.3, 0.4) is 0 Å². The van der Waals surface area contributed by atoms with Crippen molar-refractivity contribution in [3.8, 4) is 11.3 Å². The Labute approximate surface area is 151 Å². The van der Waals surface area contributed by atoms with Gasteiger partial charge in [0, 0.05) is 24.7 Å². The number of nitrogens with two attached hydrogens (primary N) is 1. The van der Waals surface area contributed by atoms with Crippen molar-refractivity contribution in [1.82, 2.24) is 19.7 Å². The van der Waals surface area contributed by atoms with E-state index in [4.69, 9.17) is 5.73 Å². The average Bonchev–Trinajstić information content (AvgIpc) is 3.41. The molecule has 2 heterocycles. The molecule has 0 amide bonds. The predicted octanol–water partition coefficient (Wildman–Crippen LogP) is 3.12. The first-order valence-corrected chi connectivity index (χ1v) is 9.24. The number of aromatic nitrogens is 4. The molecule has 3 N–H and O–H groups in total. The van der Waals surface area contributed by atoms with Crippen LogP contribution in [0.25, 0.3) is 11.3 Å². The summed E-state index contributed by atoms with van der Waals surface area (Å²) in [6.07, 6.45) is 6.95. The number of anilines is 1. The number of alkyl halides is 1. The van der Waals surface area contributed by atoms with Crippen LogP contribution in [-0.4, -0.2) is 31.8 Å². The molecule has 0 aliphatic heterocycles. The highest BCUT2D eigenvalue weighted by molar-refractivity contribution is 5.63. The molecule has 0 aromatic carbocycles. The van der Waals surface area contributed by atoms with Gasteiger partial charge in [-0.1, -0.05) is 0 Å². The Morgan fingerprint density at radius 2 is 1.92 bits per heavy atom. The second-order valence-electron chi connectivity index (χ2n) is 7.45. The van der Waals surface area contributed by atoms with Crippen LogP contribution in [0, 0.1) is 11.7 Å². The van der Waals surface area contributed by atoms with E-state index in [0.29, 0.717) is 17.2 Å². The molecule has 0 saturated heterocycles. The Morgan fingerprint density at radius 1 is 1.19 bits per heavy atom. The Morgan fingerprint density at radius 3 is 2.62 bits per heavy atom. The van der Waals surface area contributed by atoms with Gasteiger partial charge in [0.2, 0.25) is 5.95 Å². The van der Waals surface area contributed by atoms with Crippen LogP contribution in [0.15, 0.2) is 12.4 Å². The summed E-state index contributed by atoms with van der Waals surface area (Å²) in [7, 11) is 1.68. The molecule has 2 aromatic heterocycles. The van der Waals surface area contributed by atoms with Gasteiger partial charge in [0.1, 0.15) is 11.9 Å². The molecular formula is C18H24F2N6. The molecule has 2 fully saturated rings. The number of hydrogen-bond donors (Lipinski definition) is 2. The van der Waals surface area contributed by atoms with Crippen LogP contribution in [0.1, 0.15) is 50.4 Å². The lowest BCUT2D eigenvalue weighted by atomic mass is 9.92. The monoisotopic (exact) mass is 362 g/mol. The maximum Gasteiger partial charge on any atom is 0.223 e. The van der Waals surface area contributed by atoms with Crippen molar-refractivity contribution >= 4 is 5.95 Å². The van der Waals surface area contributed by atoms with E-state index in [1.165, 1.54) is 10.9 Å². The third kappa shape index (κ3) is 3.42. The van der Waals surface area contributed by atoms with Gasteiger partial charge in [-0.2, -0.15) is 5.10 Å². The molecule has 26 heavy (non-hydrogen) atoms. The summed E-state index contributed by atoms with van der Waals surface area (Å²) < 4.78 is 30.7. The average molecular weight is 362 g/mol. The molecular weight excluding hydrogens is 338 g/mol. The highest BCUT2D eigenvalue weighted by Crippen LogP contribution is 2.45. The summed E-state index contributed by atoms with van der Waals surface area (Å²) in [5, 5.41) is 7.40. The van der Waals surface area contributed by atoms with E-state index in [1.807, 2.05) is 0 Å². The highest BCUT2D eigenvalue weighted by Gasteiger charge is 2.36. The lowest BCUT2D eigenvalue weighted by Crippen LogP contribution is -2.33. The van der Waals surface area contributed by atoms with Crippen molar-refractivity contribution in [2.75, 3.05) is 5.32 Å². The van der Waals surface area contributed by atoms with Gasteiger partial charge >= 0.3 is 0 Å². The number of nitrogens with one attached hydrogen (secondary N) is 1. The first-order valence-electron chi connectivity index (χ1n) is 9.24. The third-order valence-corrected chi connectivity index (χ3v) is 5.39. The fourth-order valence-electron chi connectivity index (χ4n) is 3.64. The maximum atomic E-state index is 14.7. The molecule has 1 atom stereocenters. The topological polar surface area (TPSA) is 81.7 Å². The molecule has 0 spiro atoms. The van der Waals surface area contributed by atoms with Gasteiger partial charge in [-0.3, -0.25) is 4.68 Å². The van der Waals surface area contributed by atoms with Crippen molar-refractivity contribution < 1.29 is 8.78 Å². The van der Waals surface area contributed by atoms with Crippen LogP contribution in [0.2, 0.25) is 0 Å². The maximum absolute atomic E-state index is 14.7. The van der Waals surface area contributed by atoms with E-state index >= 15 is 0 Å². The summed E-state index contributed by atoms with van der Waals surface area (Å²) in [4.78, 5) is 8.40. The van der Waals surface area contributed by atoms with Crippen molar-refractivity contribution in [3.63, 3.8) is 0 Å². The Hall–Kier alpha value is -2.09. The molecule has 4 rings (SSSR count). The summed E-state index contributed by atoms with van der Waals surface area (Å²) in [6.45, 7) is 0. The Bertz CT molecular complexity index is 780. The molecule has 2 saturated carbocycles. The molecule has 1 unspecified atom stereocenters. The molecule has 140 valence electrons. The van der Waals surface area contributed by atoms with Gasteiger partial charge in [-0.15, -0.1) is 0 Å². The highest BCUT2D eigenvalue weighted by atomic mass is 19.1. The Balaban J connectivity index is 1.61. The van der Waals surface area contributed by atoms with Crippen LogP contribution in [-0.2, 0) is 7.05 Å². The van der Waals surface area contributed by atoms with E-state index in [2.05, 4.69) is 20.4 Å². The van der Waals surface area contributed by atoms with Crippen molar-refractivity contribution in [2.45, 2.75) is 56.8 Å². The van der Waals surface area contributed by atoms with Gasteiger partial charge in [0.05, 0.1) is 18.1 Å².